The number of nitrogens with zero attached hydrogens (tertiary/aromatic N) is 1. The maximum Gasteiger partial charge on any atom is 0.256 e. The number of oxazole rings is 1. The summed E-state index contributed by atoms with van der Waals surface area (Å²) in [6.07, 6.45) is 1.65. The summed E-state index contributed by atoms with van der Waals surface area (Å²) in [4.78, 5) is 4.26. The monoisotopic (exact) mass is 234 g/mol. The Morgan fingerprint density at radius 3 is 2.69 bits per heavy atom. The molecule has 0 saturated carbocycles. The fourth-order valence-electron chi connectivity index (χ4n) is 1.43. The van der Waals surface area contributed by atoms with Crippen LogP contribution in [0.4, 0.5) is 0 Å². The normalized spacial score (nSPS) is 12.6. The van der Waals surface area contributed by atoms with Crippen LogP contribution in [0.1, 0.15) is 16.5 Å². The molecule has 1 atom stereocenters. The minimum Gasteiger partial charge on any atom is -0.440 e. The van der Waals surface area contributed by atoms with Gasteiger partial charge in [0, 0.05) is 6.54 Å². The Morgan fingerprint density at radius 1 is 1.38 bits per heavy atom. The molecule has 0 bridgehead atoms. The van der Waals surface area contributed by atoms with Gasteiger partial charge >= 0.3 is 0 Å². The standard InChI is InChI=1S/C12H14N2OS/c1-9-8-15-12(14-9)16-11(7-13)10-5-3-2-4-6-10/h2-6,8,11H,7,13H2,1H3. The summed E-state index contributed by atoms with van der Waals surface area (Å²) < 4.78 is 5.31. The van der Waals surface area contributed by atoms with E-state index in [9.17, 15) is 0 Å². The topological polar surface area (TPSA) is 52.0 Å². The molecule has 84 valence electrons. The molecule has 0 spiro atoms. The van der Waals surface area contributed by atoms with Gasteiger partial charge in [-0.15, -0.1) is 0 Å². The van der Waals surface area contributed by atoms with Crippen molar-refractivity contribution in [1.29, 1.82) is 0 Å². The van der Waals surface area contributed by atoms with E-state index in [-0.39, 0.29) is 5.25 Å². The summed E-state index contributed by atoms with van der Waals surface area (Å²) in [6.45, 7) is 2.48. The first-order valence-electron chi connectivity index (χ1n) is 5.13. The molecular weight excluding hydrogens is 220 g/mol. The van der Waals surface area contributed by atoms with Gasteiger partial charge in [-0.05, 0) is 12.5 Å². The molecule has 2 rings (SSSR count). The van der Waals surface area contributed by atoms with Crippen LogP contribution in [0.15, 0.2) is 46.2 Å². The lowest BCUT2D eigenvalue weighted by atomic mass is 10.1. The smallest absolute Gasteiger partial charge is 0.256 e. The van der Waals surface area contributed by atoms with Gasteiger partial charge in [0.1, 0.15) is 6.26 Å². The average molecular weight is 234 g/mol. The highest BCUT2D eigenvalue weighted by Gasteiger charge is 2.14. The van der Waals surface area contributed by atoms with Crippen molar-refractivity contribution in [3.8, 4) is 0 Å². The number of aryl methyl sites for hydroxylation is 1. The van der Waals surface area contributed by atoms with E-state index in [0.717, 1.165) is 5.69 Å². The quantitative estimate of drug-likeness (QED) is 0.826. The zero-order valence-corrected chi connectivity index (χ0v) is 9.91. The zero-order valence-electron chi connectivity index (χ0n) is 9.09. The van der Waals surface area contributed by atoms with Gasteiger partial charge in [-0.2, -0.15) is 0 Å². The summed E-state index contributed by atoms with van der Waals surface area (Å²) in [7, 11) is 0. The number of thioether (sulfide) groups is 1. The maximum atomic E-state index is 5.77. The van der Waals surface area contributed by atoms with Crippen LogP contribution in [0.25, 0.3) is 0 Å². The Labute approximate surface area is 99.1 Å². The van der Waals surface area contributed by atoms with Gasteiger partial charge in [0.2, 0.25) is 0 Å². The molecule has 0 radical (unpaired) electrons. The molecule has 3 nitrogen and oxygen atoms in total. The fraction of sp³-hybridized carbons (Fsp3) is 0.250. The van der Waals surface area contributed by atoms with Crippen LogP contribution in [-0.2, 0) is 0 Å². The third kappa shape index (κ3) is 2.65. The Morgan fingerprint density at radius 2 is 2.12 bits per heavy atom. The molecule has 0 aliphatic heterocycles. The number of hydrogen-bond acceptors (Lipinski definition) is 4. The lowest BCUT2D eigenvalue weighted by Gasteiger charge is -2.11. The molecule has 2 aromatic rings. The van der Waals surface area contributed by atoms with E-state index >= 15 is 0 Å². The molecule has 16 heavy (non-hydrogen) atoms. The number of hydrogen-bond donors (Lipinski definition) is 1. The molecule has 2 N–H and O–H groups in total. The third-order valence-corrected chi connectivity index (χ3v) is 3.36. The highest BCUT2D eigenvalue weighted by molar-refractivity contribution is 7.99. The van der Waals surface area contributed by atoms with Crippen molar-refractivity contribution in [3.63, 3.8) is 0 Å². The predicted octanol–water partition coefficient (Wildman–Crippen LogP) is 2.78. The van der Waals surface area contributed by atoms with Crippen LogP contribution < -0.4 is 5.73 Å². The van der Waals surface area contributed by atoms with Crippen molar-refractivity contribution in [2.75, 3.05) is 6.54 Å². The van der Waals surface area contributed by atoms with Gasteiger partial charge in [-0.3, -0.25) is 0 Å². The van der Waals surface area contributed by atoms with Gasteiger partial charge in [0.05, 0.1) is 10.9 Å². The largest absolute Gasteiger partial charge is 0.440 e. The lowest BCUT2D eigenvalue weighted by molar-refractivity contribution is 0.453. The first kappa shape index (κ1) is 11.2. The first-order chi connectivity index (χ1) is 7.79. The average Bonchev–Trinajstić information content (AvgIpc) is 2.73. The molecule has 4 heteroatoms. The van der Waals surface area contributed by atoms with E-state index in [4.69, 9.17) is 10.2 Å². The molecule has 0 saturated heterocycles. The van der Waals surface area contributed by atoms with E-state index < -0.39 is 0 Å². The Hall–Kier alpha value is -1.26. The summed E-state index contributed by atoms with van der Waals surface area (Å²) >= 11 is 1.56. The highest BCUT2D eigenvalue weighted by Crippen LogP contribution is 2.33. The van der Waals surface area contributed by atoms with Crippen LogP contribution >= 0.6 is 11.8 Å². The van der Waals surface area contributed by atoms with Crippen LogP contribution in [0.2, 0.25) is 0 Å². The van der Waals surface area contributed by atoms with E-state index in [1.54, 1.807) is 18.0 Å². The molecule has 0 amide bonds. The molecule has 1 heterocycles. The minimum atomic E-state index is 0.194. The number of benzene rings is 1. The molecule has 0 aliphatic rings. The maximum absolute atomic E-state index is 5.77. The van der Waals surface area contributed by atoms with Crippen molar-refractivity contribution in [1.82, 2.24) is 4.98 Å². The molecule has 0 aliphatic carbocycles. The van der Waals surface area contributed by atoms with E-state index in [0.29, 0.717) is 11.8 Å². The van der Waals surface area contributed by atoms with E-state index in [1.165, 1.54) is 5.56 Å². The Kier molecular flexibility index (Phi) is 3.64. The van der Waals surface area contributed by atoms with Gasteiger partial charge in [-0.1, -0.05) is 42.1 Å². The van der Waals surface area contributed by atoms with Gasteiger partial charge in [-0.25, -0.2) is 4.98 Å². The SMILES string of the molecule is Cc1coc(SC(CN)c2ccccc2)n1. The molecule has 1 unspecified atom stereocenters. The predicted molar refractivity (Wildman–Crippen MR) is 65.3 cm³/mol. The van der Waals surface area contributed by atoms with Crippen LogP contribution in [0, 0.1) is 6.92 Å². The summed E-state index contributed by atoms with van der Waals surface area (Å²) in [5, 5.41) is 0.871. The Balaban J connectivity index is 2.12. The third-order valence-electron chi connectivity index (χ3n) is 2.23. The molecule has 1 aromatic heterocycles. The zero-order chi connectivity index (χ0) is 11.4. The van der Waals surface area contributed by atoms with E-state index in [1.807, 2.05) is 25.1 Å². The van der Waals surface area contributed by atoms with Crippen molar-refractivity contribution < 1.29 is 4.42 Å². The lowest BCUT2D eigenvalue weighted by Crippen LogP contribution is -2.09. The van der Waals surface area contributed by atoms with Crippen LogP contribution in [0.3, 0.4) is 0 Å². The minimum absolute atomic E-state index is 0.194. The van der Waals surface area contributed by atoms with E-state index in [2.05, 4.69) is 17.1 Å². The van der Waals surface area contributed by atoms with Crippen molar-refractivity contribution in [2.45, 2.75) is 17.4 Å². The highest BCUT2D eigenvalue weighted by atomic mass is 32.2. The van der Waals surface area contributed by atoms with Gasteiger partial charge in [0.25, 0.3) is 5.22 Å². The summed E-state index contributed by atoms with van der Waals surface area (Å²) in [5.74, 6) is 0. The van der Waals surface area contributed by atoms with Crippen molar-refractivity contribution in [3.05, 3.63) is 47.9 Å². The Bertz CT molecular complexity index is 441. The van der Waals surface area contributed by atoms with Gasteiger partial charge < -0.3 is 10.2 Å². The summed E-state index contributed by atoms with van der Waals surface area (Å²) in [5.41, 5.74) is 7.86. The van der Waals surface area contributed by atoms with Gasteiger partial charge in [0.15, 0.2) is 0 Å². The van der Waals surface area contributed by atoms with Crippen molar-refractivity contribution in [2.24, 2.45) is 5.73 Å². The second-order valence-corrected chi connectivity index (χ2v) is 4.66. The summed E-state index contributed by atoms with van der Waals surface area (Å²) in [6, 6.07) is 10.2. The number of aromatic nitrogens is 1. The molecule has 0 fully saturated rings. The first-order valence-corrected chi connectivity index (χ1v) is 6.01. The second kappa shape index (κ2) is 5.18. The molecule has 1 aromatic carbocycles. The van der Waals surface area contributed by atoms with Crippen LogP contribution in [0.5, 0.6) is 0 Å². The number of nitrogens with two attached hydrogens (primary N) is 1. The second-order valence-electron chi connectivity index (χ2n) is 3.51. The fourth-order valence-corrected chi connectivity index (χ4v) is 2.36. The van der Waals surface area contributed by atoms with Crippen LogP contribution in [-0.4, -0.2) is 11.5 Å². The van der Waals surface area contributed by atoms with Crippen molar-refractivity contribution >= 4 is 11.8 Å². The molecular formula is C12H14N2OS. The number of rotatable bonds is 4.